The van der Waals surface area contributed by atoms with Gasteiger partial charge >= 0.3 is 0 Å². The zero-order valence-electron chi connectivity index (χ0n) is 15.6. The molecule has 3 aliphatic rings. The van der Waals surface area contributed by atoms with E-state index in [-0.39, 0.29) is 0 Å². The van der Waals surface area contributed by atoms with Crippen molar-refractivity contribution in [2.45, 2.75) is 37.5 Å². The molecule has 2 aromatic rings. The lowest BCUT2D eigenvalue weighted by Gasteiger charge is -2.31. The van der Waals surface area contributed by atoms with E-state index in [9.17, 15) is 0 Å². The highest BCUT2D eigenvalue weighted by Gasteiger charge is 2.56. The first-order valence-corrected chi connectivity index (χ1v) is 10.1. The standard InChI is InChI=1S/C24H22N2O2/c25-13-27-19-5-1-15(2-6-19)17-9-22-18-11-21(24(12-18)23(22)10-17)16-3-7-20(8-4-16)28-14-26/h1-8,17-18,21-24H,9-12H2/t17-,18+,21+,22+,23+,24+/m0/s1. The number of hydrogen-bond donors (Lipinski definition) is 0. The molecule has 0 radical (unpaired) electrons. The van der Waals surface area contributed by atoms with E-state index >= 15 is 0 Å². The SMILES string of the molecule is N#COc1ccc([C@@H]2C[C@@H]3[C@H](C2)[C@H]2C[C@@H]3[C@@H](c3ccc(OC#N)cc3)C2)cc1. The minimum absolute atomic E-state index is 0.619. The summed E-state index contributed by atoms with van der Waals surface area (Å²) in [4.78, 5) is 0. The number of hydrogen-bond acceptors (Lipinski definition) is 4. The molecule has 3 saturated carbocycles. The first-order valence-electron chi connectivity index (χ1n) is 10.1. The first kappa shape index (κ1) is 17.1. The normalized spacial score (nSPS) is 32.4. The van der Waals surface area contributed by atoms with Crippen LogP contribution < -0.4 is 9.47 Å². The molecular formula is C24H22N2O2. The predicted molar refractivity (Wildman–Crippen MR) is 103 cm³/mol. The molecule has 140 valence electrons. The summed E-state index contributed by atoms with van der Waals surface area (Å²) in [5.41, 5.74) is 2.78. The molecule has 28 heavy (non-hydrogen) atoms. The fraction of sp³-hybridized carbons (Fsp3) is 0.417. The van der Waals surface area contributed by atoms with Crippen LogP contribution in [0.5, 0.6) is 11.5 Å². The Morgan fingerprint density at radius 2 is 1.21 bits per heavy atom. The highest BCUT2D eigenvalue weighted by Crippen LogP contribution is 2.65. The van der Waals surface area contributed by atoms with Crippen molar-refractivity contribution in [3.05, 3.63) is 59.7 Å². The fourth-order valence-corrected chi connectivity index (χ4v) is 6.42. The van der Waals surface area contributed by atoms with Crippen LogP contribution in [0, 0.1) is 46.7 Å². The zero-order valence-corrected chi connectivity index (χ0v) is 15.6. The Bertz CT molecular complexity index is 939. The van der Waals surface area contributed by atoms with Crippen LogP contribution >= 0.6 is 0 Å². The van der Waals surface area contributed by atoms with E-state index in [1.807, 2.05) is 24.3 Å². The van der Waals surface area contributed by atoms with Crippen LogP contribution in [-0.4, -0.2) is 0 Å². The van der Waals surface area contributed by atoms with E-state index < -0.39 is 0 Å². The largest absolute Gasteiger partial charge is 0.388 e. The molecule has 6 atom stereocenters. The lowest BCUT2D eigenvalue weighted by Crippen LogP contribution is -2.23. The number of ether oxygens (including phenoxy) is 2. The van der Waals surface area contributed by atoms with Gasteiger partial charge in [0.2, 0.25) is 0 Å². The van der Waals surface area contributed by atoms with Gasteiger partial charge in [0, 0.05) is 0 Å². The average Bonchev–Trinajstić information content (AvgIpc) is 3.42. The molecular weight excluding hydrogens is 348 g/mol. The van der Waals surface area contributed by atoms with Crippen molar-refractivity contribution in [1.82, 2.24) is 0 Å². The van der Waals surface area contributed by atoms with Crippen molar-refractivity contribution >= 4 is 0 Å². The van der Waals surface area contributed by atoms with Crippen LogP contribution in [0.25, 0.3) is 0 Å². The summed E-state index contributed by atoms with van der Waals surface area (Å²) < 4.78 is 9.83. The minimum atomic E-state index is 0.619. The van der Waals surface area contributed by atoms with Gasteiger partial charge in [-0.05, 0) is 96.6 Å². The Hall–Kier alpha value is -2.98. The molecule has 2 bridgehead atoms. The molecule has 3 aliphatic carbocycles. The predicted octanol–water partition coefficient (Wildman–Crippen LogP) is 5.34. The Morgan fingerprint density at radius 3 is 1.82 bits per heavy atom. The second-order valence-electron chi connectivity index (χ2n) is 8.52. The van der Waals surface area contributed by atoms with Gasteiger partial charge in [-0.25, -0.2) is 0 Å². The van der Waals surface area contributed by atoms with E-state index in [1.165, 1.54) is 36.8 Å². The Kier molecular flexibility index (Phi) is 4.21. The van der Waals surface area contributed by atoms with E-state index in [2.05, 4.69) is 24.3 Å². The second-order valence-corrected chi connectivity index (χ2v) is 8.52. The van der Waals surface area contributed by atoms with Crippen LogP contribution in [0.15, 0.2) is 48.5 Å². The maximum Gasteiger partial charge on any atom is 0.292 e. The van der Waals surface area contributed by atoms with Crippen molar-refractivity contribution in [3.63, 3.8) is 0 Å². The molecule has 0 aliphatic heterocycles. The third-order valence-electron chi connectivity index (χ3n) is 7.45. The molecule has 2 aromatic carbocycles. The molecule has 4 heteroatoms. The molecule has 5 rings (SSSR count). The van der Waals surface area contributed by atoms with Crippen LogP contribution in [0.1, 0.15) is 48.6 Å². The third-order valence-corrected chi connectivity index (χ3v) is 7.45. The molecule has 0 unspecified atom stereocenters. The van der Waals surface area contributed by atoms with Crippen molar-refractivity contribution in [2.75, 3.05) is 0 Å². The zero-order chi connectivity index (χ0) is 19.1. The molecule has 0 N–H and O–H groups in total. The molecule has 0 heterocycles. The van der Waals surface area contributed by atoms with Crippen molar-refractivity contribution in [2.24, 2.45) is 23.7 Å². The van der Waals surface area contributed by atoms with Gasteiger partial charge in [0.1, 0.15) is 11.5 Å². The maximum absolute atomic E-state index is 8.66. The van der Waals surface area contributed by atoms with Crippen molar-refractivity contribution in [3.8, 4) is 24.0 Å². The highest BCUT2D eigenvalue weighted by molar-refractivity contribution is 5.34. The molecule has 0 aromatic heterocycles. The average molecular weight is 370 g/mol. The third kappa shape index (κ3) is 2.81. The molecule has 0 saturated heterocycles. The van der Waals surface area contributed by atoms with Gasteiger partial charge in [-0.15, -0.1) is 10.5 Å². The molecule has 0 spiro atoms. The number of fused-ring (bicyclic) bond motifs is 5. The van der Waals surface area contributed by atoms with E-state index in [4.69, 9.17) is 20.0 Å². The summed E-state index contributed by atoms with van der Waals surface area (Å²) in [5.74, 6) is 5.83. The van der Waals surface area contributed by atoms with Gasteiger partial charge in [-0.2, -0.15) is 0 Å². The lowest BCUT2D eigenvalue weighted by atomic mass is 9.73. The molecule has 0 amide bonds. The summed E-state index contributed by atoms with van der Waals surface area (Å²) in [6, 6.07) is 16.2. The summed E-state index contributed by atoms with van der Waals surface area (Å²) in [6.45, 7) is 0. The van der Waals surface area contributed by atoms with Gasteiger partial charge in [0.15, 0.2) is 0 Å². The molecule has 3 fully saturated rings. The Labute approximate surface area is 165 Å². The van der Waals surface area contributed by atoms with E-state index in [0.717, 1.165) is 23.7 Å². The molecule has 4 nitrogen and oxygen atoms in total. The van der Waals surface area contributed by atoms with Gasteiger partial charge < -0.3 is 9.47 Å². The van der Waals surface area contributed by atoms with Crippen molar-refractivity contribution in [1.29, 1.82) is 10.5 Å². The van der Waals surface area contributed by atoms with Gasteiger partial charge in [0.05, 0.1) is 0 Å². The highest BCUT2D eigenvalue weighted by atomic mass is 16.5. The summed E-state index contributed by atoms with van der Waals surface area (Å²) >= 11 is 0. The quantitative estimate of drug-likeness (QED) is 0.681. The number of rotatable bonds is 4. The topological polar surface area (TPSA) is 66.0 Å². The van der Waals surface area contributed by atoms with Crippen LogP contribution in [0.2, 0.25) is 0 Å². The summed E-state index contributed by atoms with van der Waals surface area (Å²) in [5, 5.41) is 17.3. The van der Waals surface area contributed by atoms with Gasteiger partial charge in [-0.3, -0.25) is 0 Å². The first-order chi connectivity index (χ1) is 13.8. The number of benzene rings is 2. The summed E-state index contributed by atoms with van der Waals surface area (Å²) in [7, 11) is 0. The minimum Gasteiger partial charge on any atom is -0.388 e. The van der Waals surface area contributed by atoms with Crippen LogP contribution in [0.4, 0.5) is 0 Å². The van der Waals surface area contributed by atoms with E-state index in [0.29, 0.717) is 23.3 Å². The Morgan fingerprint density at radius 1 is 0.643 bits per heavy atom. The summed E-state index contributed by atoms with van der Waals surface area (Å²) in [6.07, 6.45) is 8.71. The van der Waals surface area contributed by atoms with Gasteiger partial charge in [0.25, 0.3) is 12.5 Å². The monoisotopic (exact) mass is 370 g/mol. The smallest absolute Gasteiger partial charge is 0.292 e. The van der Waals surface area contributed by atoms with E-state index in [1.54, 1.807) is 12.5 Å². The van der Waals surface area contributed by atoms with Crippen LogP contribution in [-0.2, 0) is 0 Å². The van der Waals surface area contributed by atoms with Crippen LogP contribution in [0.3, 0.4) is 0 Å². The van der Waals surface area contributed by atoms with Gasteiger partial charge in [-0.1, -0.05) is 24.3 Å². The Balaban J connectivity index is 1.30. The van der Waals surface area contributed by atoms with Crippen molar-refractivity contribution < 1.29 is 9.47 Å². The number of nitrogens with zero attached hydrogens (tertiary/aromatic N) is 2. The maximum atomic E-state index is 8.66. The fourth-order valence-electron chi connectivity index (χ4n) is 6.42. The lowest BCUT2D eigenvalue weighted by molar-refractivity contribution is 0.232. The number of nitriles is 2. The second kappa shape index (κ2) is 6.88.